The molecular formula is C30H62N10O2. The van der Waals surface area contributed by atoms with Crippen LogP contribution < -0.4 is 22.1 Å². The zero-order chi connectivity index (χ0) is 31.0. The third-order valence-electron chi connectivity index (χ3n) is 7.86. The lowest BCUT2D eigenvalue weighted by molar-refractivity contribution is 0.127. The Labute approximate surface area is 255 Å². The summed E-state index contributed by atoms with van der Waals surface area (Å²) in [4.78, 5) is 32.4. The van der Waals surface area contributed by atoms with Crippen molar-refractivity contribution in [1.82, 2.24) is 30.2 Å². The van der Waals surface area contributed by atoms with Gasteiger partial charge in [-0.3, -0.25) is 20.6 Å². The summed E-state index contributed by atoms with van der Waals surface area (Å²) in [7, 11) is 0. The van der Waals surface area contributed by atoms with Gasteiger partial charge in [0.05, 0.1) is 0 Å². The number of carbonyl (C=O) groups is 2. The molecule has 4 amide bonds. The molecule has 0 aromatic heterocycles. The van der Waals surface area contributed by atoms with E-state index in [1.54, 1.807) is 0 Å². The molecule has 12 heteroatoms. The molecule has 1 fully saturated rings. The molecule has 0 aliphatic carbocycles. The SMILES string of the molecule is CCCCCCCCNC(=O)N(CCCN1CCN(CCCN(C(=N)N)C(=O)NCCCCCCCC)CC1)C(=N)N. The molecule has 0 atom stereocenters. The molecule has 0 aromatic rings. The van der Waals surface area contributed by atoms with Gasteiger partial charge in [0, 0.05) is 52.4 Å². The summed E-state index contributed by atoms with van der Waals surface area (Å²) in [6.07, 6.45) is 15.5. The fraction of sp³-hybridized carbons (Fsp3) is 0.867. The lowest BCUT2D eigenvalue weighted by atomic mass is 10.1. The summed E-state index contributed by atoms with van der Waals surface area (Å²) in [5.41, 5.74) is 11.4. The fourth-order valence-corrected chi connectivity index (χ4v) is 5.20. The maximum Gasteiger partial charge on any atom is 0.324 e. The molecule has 1 aliphatic heterocycles. The second kappa shape index (κ2) is 23.9. The number of nitrogens with two attached hydrogens (primary N) is 2. The standard InChI is InChI=1S/C30H62N10O2/c1-3-5-7-9-11-13-17-35-29(41)39(27(31)32)21-15-19-37-23-25-38(26-24-37)20-16-22-40(28(33)34)30(42)36-18-14-12-10-8-6-4-2/h3-26H2,1-2H3,(H3,31,32)(H3,33,34)(H,35,41)(H,36,42). The van der Waals surface area contributed by atoms with E-state index in [0.29, 0.717) is 26.2 Å². The van der Waals surface area contributed by atoms with Crippen molar-refractivity contribution >= 4 is 24.0 Å². The molecule has 1 heterocycles. The molecular weight excluding hydrogens is 532 g/mol. The van der Waals surface area contributed by atoms with Gasteiger partial charge in [0.15, 0.2) is 11.9 Å². The molecule has 8 N–H and O–H groups in total. The van der Waals surface area contributed by atoms with Gasteiger partial charge >= 0.3 is 12.1 Å². The van der Waals surface area contributed by atoms with Crippen molar-refractivity contribution in [3.8, 4) is 0 Å². The Morgan fingerprint density at radius 1 is 0.595 bits per heavy atom. The predicted octanol–water partition coefficient (Wildman–Crippen LogP) is 3.92. The van der Waals surface area contributed by atoms with E-state index in [4.69, 9.17) is 22.3 Å². The van der Waals surface area contributed by atoms with Crippen LogP contribution >= 0.6 is 0 Å². The number of hydrogen-bond acceptors (Lipinski definition) is 6. The van der Waals surface area contributed by atoms with Crippen molar-refractivity contribution in [2.24, 2.45) is 11.5 Å². The number of unbranched alkanes of at least 4 members (excludes halogenated alkanes) is 10. The maximum atomic E-state index is 12.5. The van der Waals surface area contributed by atoms with Crippen LogP contribution in [-0.4, -0.2) is 109 Å². The van der Waals surface area contributed by atoms with Crippen LogP contribution in [0.25, 0.3) is 0 Å². The first kappa shape index (κ1) is 37.4. The number of nitrogens with one attached hydrogen (secondary N) is 4. The minimum Gasteiger partial charge on any atom is -0.370 e. The van der Waals surface area contributed by atoms with Crippen LogP contribution in [0.2, 0.25) is 0 Å². The molecule has 0 radical (unpaired) electrons. The summed E-state index contributed by atoms with van der Waals surface area (Å²) in [6.45, 7) is 11.9. The van der Waals surface area contributed by atoms with Gasteiger partial charge in [-0.15, -0.1) is 0 Å². The minimum atomic E-state index is -0.281. The van der Waals surface area contributed by atoms with Crippen molar-refractivity contribution in [3.05, 3.63) is 0 Å². The van der Waals surface area contributed by atoms with Crippen LogP contribution in [0, 0.1) is 10.8 Å². The quantitative estimate of drug-likeness (QED) is 0.0630. The third-order valence-corrected chi connectivity index (χ3v) is 7.86. The van der Waals surface area contributed by atoms with E-state index in [9.17, 15) is 9.59 Å². The molecule has 244 valence electrons. The van der Waals surface area contributed by atoms with Crippen LogP contribution in [0.15, 0.2) is 0 Å². The van der Waals surface area contributed by atoms with Crippen LogP contribution in [0.4, 0.5) is 9.59 Å². The highest BCUT2D eigenvalue weighted by molar-refractivity contribution is 5.94. The van der Waals surface area contributed by atoms with E-state index >= 15 is 0 Å². The van der Waals surface area contributed by atoms with Crippen molar-refractivity contribution in [2.75, 3.05) is 65.4 Å². The van der Waals surface area contributed by atoms with Gasteiger partial charge in [-0.1, -0.05) is 78.1 Å². The summed E-state index contributed by atoms with van der Waals surface area (Å²) < 4.78 is 0. The van der Waals surface area contributed by atoms with Crippen LogP contribution in [0.5, 0.6) is 0 Å². The Morgan fingerprint density at radius 2 is 0.929 bits per heavy atom. The molecule has 42 heavy (non-hydrogen) atoms. The van der Waals surface area contributed by atoms with Crippen molar-refractivity contribution < 1.29 is 9.59 Å². The largest absolute Gasteiger partial charge is 0.370 e. The van der Waals surface area contributed by atoms with E-state index in [1.165, 1.54) is 61.2 Å². The van der Waals surface area contributed by atoms with E-state index in [0.717, 1.165) is 77.8 Å². The first-order chi connectivity index (χ1) is 20.3. The normalized spacial score (nSPS) is 14.0. The number of nitrogens with zero attached hydrogens (tertiary/aromatic N) is 4. The molecule has 1 saturated heterocycles. The molecule has 0 spiro atoms. The summed E-state index contributed by atoms with van der Waals surface area (Å²) in [5.74, 6) is -0.424. The van der Waals surface area contributed by atoms with Crippen LogP contribution in [-0.2, 0) is 0 Å². The highest BCUT2D eigenvalue weighted by atomic mass is 16.2. The topological polar surface area (TPSA) is 171 Å². The molecule has 1 aliphatic rings. The first-order valence-corrected chi connectivity index (χ1v) is 16.5. The van der Waals surface area contributed by atoms with Crippen molar-refractivity contribution in [3.63, 3.8) is 0 Å². The summed E-state index contributed by atoms with van der Waals surface area (Å²) in [6, 6.07) is -0.562. The molecule has 1 rings (SSSR count). The summed E-state index contributed by atoms with van der Waals surface area (Å²) >= 11 is 0. The van der Waals surface area contributed by atoms with Gasteiger partial charge in [0.25, 0.3) is 0 Å². The highest BCUT2D eigenvalue weighted by Crippen LogP contribution is 2.07. The second-order valence-corrected chi connectivity index (χ2v) is 11.5. The van der Waals surface area contributed by atoms with Crippen molar-refractivity contribution in [1.29, 1.82) is 10.8 Å². The Kier molecular flexibility index (Phi) is 21.3. The van der Waals surface area contributed by atoms with Crippen LogP contribution in [0.1, 0.15) is 104 Å². The second-order valence-electron chi connectivity index (χ2n) is 11.5. The zero-order valence-electron chi connectivity index (χ0n) is 26.7. The maximum absolute atomic E-state index is 12.5. The van der Waals surface area contributed by atoms with Crippen molar-refractivity contribution in [2.45, 2.75) is 104 Å². The minimum absolute atomic E-state index is 0.212. The Hall–Kier alpha value is -2.60. The number of piperazine rings is 1. The molecule has 0 saturated carbocycles. The predicted molar refractivity (Wildman–Crippen MR) is 173 cm³/mol. The van der Waals surface area contributed by atoms with Gasteiger partial charge < -0.3 is 31.9 Å². The number of hydrogen-bond donors (Lipinski definition) is 6. The number of rotatable bonds is 22. The average molecular weight is 595 g/mol. The molecule has 0 bridgehead atoms. The Bertz CT molecular complexity index is 696. The molecule has 0 unspecified atom stereocenters. The van der Waals surface area contributed by atoms with Gasteiger partial charge in [0.2, 0.25) is 0 Å². The average Bonchev–Trinajstić information content (AvgIpc) is 2.96. The zero-order valence-corrected chi connectivity index (χ0v) is 26.7. The number of urea groups is 2. The Balaban J connectivity index is 2.22. The lowest BCUT2D eigenvalue weighted by Crippen LogP contribution is -2.50. The smallest absolute Gasteiger partial charge is 0.324 e. The van der Waals surface area contributed by atoms with Gasteiger partial charge in [-0.2, -0.15) is 0 Å². The van der Waals surface area contributed by atoms with Gasteiger partial charge in [0.1, 0.15) is 0 Å². The van der Waals surface area contributed by atoms with E-state index in [1.807, 2.05) is 0 Å². The van der Waals surface area contributed by atoms with E-state index in [2.05, 4.69) is 34.3 Å². The highest BCUT2D eigenvalue weighted by Gasteiger charge is 2.20. The Morgan fingerprint density at radius 3 is 1.26 bits per heavy atom. The molecule has 12 nitrogen and oxygen atoms in total. The summed E-state index contributed by atoms with van der Waals surface area (Å²) in [5, 5.41) is 21.4. The number of guanidine groups is 2. The van der Waals surface area contributed by atoms with E-state index in [-0.39, 0.29) is 24.0 Å². The molecule has 0 aromatic carbocycles. The first-order valence-electron chi connectivity index (χ1n) is 16.5. The van der Waals surface area contributed by atoms with E-state index < -0.39 is 0 Å². The van der Waals surface area contributed by atoms with Gasteiger partial charge in [-0.25, -0.2) is 9.59 Å². The number of amides is 4. The van der Waals surface area contributed by atoms with Gasteiger partial charge in [-0.05, 0) is 38.8 Å². The van der Waals surface area contributed by atoms with Crippen LogP contribution in [0.3, 0.4) is 0 Å². The lowest BCUT2D eigenvalue weighted by Gasteiger charge is -2.35. The number of carbonyl (C=O) groups excluding carboxylic acids is 2. The monoisotopic (exact) mass is 595 g/mol. The third kappa shape index (κ3) is 17.4. The fourth-order valence-electron chi connectivity index (χ4n) is 5.20.